The molecule has 6 nitrogen and oxygen atoms in total. The third-order valence-electron chi connectivity index (χ3n) is 2.28. The molecule has 0 saturated heterocycles. The lowest BCUT2D eigenvalue weighted by Crippen LogP contribution is -2.21. The van der Waals surface area contributed by atoms with Crippen LogP contribution in [0.3, 0.4) is 0 Å². The lowest BCUT2D eigenvalue weighted by molar-refractivity contribution is -0.118. The topological polar surface area (TPSA) is 73.6 Å². The number of carboxylic acids is 1. The fraction of sp³-hybridized carbons (Fsp3) is 0.455. The van der Waals surface area contributed by atoms with Crippen LogP contribution >= 0.6 is 0 Å². The number of aromatic nitrogens is 2. The van der Waals surface area contributed by atoms with E-state index < -0.39 is 11.8 Å². The molecule has 1 aromatic rings. The van der Waals surface area contributed by atoms with Crippen molar-refractivity contribution in [3.05, 3.63) is 29.5 Å². The van der Waals surface area contributed by atoms with Gasteiger partial charge in [0.1, 0.15) is 18.5 Å². The van der Waals surface area contributed by atoms with E-state index in [9.17, 15) is 4.79 Å². The molecule has 6 heteroatoms. The maximum Gasteiger partial charge on any atom is 0.354 e. The van der Waals surface area contributed by atoms with Gasteiger partial charge in [0, 0.05) is 13.8 Å². The van der Waals surface area contributed by atoms with Crippen LogP contribution in [-0.2, 0) is 16.0 Å². The molecular formula is C11H14N2O4. The Morgan fingerprint density at radius 3 is 2.82 bits per heavy atom. The molecular weight excluding hydrogens is 224 g/mol. The molecule has 17 heavy (non-hydrogen) atoms. The smallest absolute Gasteiger partial charge is 0.354 e. The lowest BCUT2D eigenvalue weighted by Gasteiger charge is -2.18. The van der Waals surface area contributed by atoms with E-state index in [0.717, 1.165) is 0 Å². The third kappa shape index (κ3) is 2.41. The molecule has 0 atom stereocenters. The summed E-state index contributed by atoms with van der Waals surface area (Å²) in [6.45, 7) is 5.55. The van der Waals surface area contributed by atoms with Crippen molar-refractivity contribution in [3.63, 3.8) is 0 Å². The van der Waals surface area contributed by atoms with Crippen LogP contribution in [0.5, 0.6) is 0 Å². The molecule has 0 unspecified atom stereocenters. The minimum Gasteiger partial charge on any atom is -0.477 e. The number of carboxylic acid groups (broad SMARTS) is 1. The predicted octanol–water partition coefficient (Wildman–Crippen LogP) is 1.51. The van der Waals surface area contributed by atoms with Gasteiger partial charge in [0.2, 0.25) is 5.79 Å². The maximum absolute atomic E-state index is 11.0. The van der Waals surface area contributed by atoms with E-state index in [4.69, 9.17) is 14.6 Å². The summed E-state index contributed by atoms with van der Waals surface area (Å²) in [6.07, 6.45) is 1.49. The summed E-state index contributed by atoms with van der Waals surface area (Å²) in [7, 11) is 0. The van der Waals surface area contributed by atoms with Crippen LogP contribution in [0.2, 0.25) is 0 Å². The van der Waals surface area contributed by atoms with Crippen molar-refractivity contribution in [2.45, 2.75) is 33.1 Å². The van der Waals surface area contributed by atoms with Gasteiger partial charge in [-0.05, 0) is 13.0 Å². The number of hydrogen-bond donors (Lipinski definition) is 1. The number of rotatable bonds is 3. The van der Waals surface area contributed by atoms with E-state index in [2.05, 4.69) is 5.10 Å². The fourth-order valence-electron chi connectivity index (χ4n) is 1.63. The zero-order valence-corrected chi connectivity index (χ0v) is 9.93. The van der Waals surface area contributed by atoms with Crippen molar-refractivity contribution in [3.8, 4) is 0 Å². The molecule has 1 aliphatic heterocycles. The molecule has 2 heterocycles. The molecule has 1 aromatic heterocycles. The maximum atomic E-state index is 11.0. The molecule has 0 amide bonds. The van der Waals surface area contributed by atoms with Crippen LogP contribution in [0.4, 0.5) is 0 Å². The van der Waals surface area contributed by atoms with Crippen LogP contribution < -0.4 is 0 Å². The van der Waals surface area contributed by atoms with Gasteiger partial charge < -0.3 is 14.6 Å². The number of nitrogens with zero attached hydrogens (tertiary/aromatic N) is 2. The summed E-state index contributed by atoms with van der Waals surface area (Å²) in [6, 6.07) is 1.52. The molecule has 0 aliphatic carbocycles. The van der Waals surface area contributed by atoms with Crippen LogP contribution in [-0.4, -0.2) is 26.6 Å². The minimum absolute atomic E-state index is 0.136. The number of allylic oxidation sites excluding steroid dienone is 1. The second-order valence-electron chi connectivity index (χ2n) is 4.34. The van der Waals surface area contributed by atoms with Crippen LogP contribution in [0.15, 0.2) is 18.1 Å². The monoisotopic (exact) mass is 238 g/mol. The van der Waals surface area contributed by atoms with Gasteiger partial charge in [0.25, 0.3) is 0 Å². The highest BCUT2D eigenvalue weighted by molar-refractivity contribution is 5.85. The molecule has 0 bridgehead atoms. The van der Waals surface area contributed by atoms with E-state index >= 15 is 0 Å². The Morgan fingerprint density at radius 1 is 1.59 bits per heavy atom. The van der Waals surface area contributed by atoms with E-state index in [0.29, 0.717) is 11.5 Å². The third-order valence-corrected chi connectivity index (χ3v) is 2.28. The van der Waals surface area contributed by atoms with Crippen LogP contribution in [0.25, 0.3) is 0 Å². The van der Waals surface area contributed by atoms with Gasteiger partial charge in [0.05, 0.1) is 5.69 Å². The van der Waals surface area contributed by atoms with E-state index in [1.54, 1.807) is 20.8 Å². The quantitative estimate of drug-likeness (QED) is 0.864. The first kappa shape index (κ1) is 11.5. The molecule has 0 fully saturated rings. The number of aryl methyl sites for hydroxylation is 1. The zero-order chi connectivity index (χ0) is 12.6. The highest BCUT2D eigenvalue weighted by atomic mass is 16.7. The first-order valence-corrected chi connectivity index (χ1v) is 5.21. The summed E-state index contributed by atoms with van der Waals surface area (Å²) >= 11 is 0. The van der Waals surface area contributed by atoms with Gasteiger partial charge >= 0.3 is 5.97 Å². The molecule has 2 rings (SSSR count). The average molecular weight is 238 g/mol. The van der Waals surface area contributed by atoms with Gasteiger partial charge in [-0.1, -0.05) is 0 Å². The Morgan fingerprint density at radius 2 is 2.29 bits per heavy atom. The Hall–Kier alpha value is -1.98. The number of hydrogen-bond acceptors (Lipinski definition) is 4. The van der Waals surface area contributed by atoms with Gasteiger partial charge in [-0.15, -0.1) is 0 Å². The SMILES string of the molecule is Cc1cc(C(=O)O)n(CC2=COC(C)(C)O2)n1. The van der Waals surface area contributed by atoms with E-state index in [1.807, 2.05) is 0 Å². The van der Waals surface area contributed by atoms with E-state index in [1.165, 1.54) is 17.0 Å². The fourth-order valence-corrected chi connectivity index (χ4v) is 1.63. The average Bonchev–Trinajstić information content (AvgIpc) is 2.70. The molecule has 0 aromatic carbocycles. The zero-order valence-electron chi connectivity index (χ0n) is 9.93. The van der Waals surface area contributed by atoms with Gasteiger partial charge in [-0.3, -0.25) is 4.68 Å². The molecule has 1 N–H and O–H groups in total. The second kappa shape index (κ2) is 3.80. The predicted molar refractivity (Wildman–Crippen MR) is 58.3 cm³/mol. The van der Waals surface area contributed by atoms with Crippen molar-refractivity contribution < 1.29 is 19.4 Å². The van der Waals surface area contributed by atoms with Crippen molar-refractivity contribution in [1.29, 1.82) is 0 Å². The molecule has 92 valence electrons. The van der Waals surface area contributed by atoms with Crippen LogP contribution in [0.1, 0.15) is 30.0 Å². The summed E-state index contributed by atoms with van der Waals surface area (Å²) in [5.74, 6) is -1.15. The first-order valence-electron chi connectivity index (χ1n) is 5.21. The number of aromatic carboxylic acids is 1. The van der Waals surface area contributed by atoms with Gasteiger partial charge in [-0.25, -0.2) is 4.79 Å². The van der Waals surface area contributed by atoms with Gasteiger partial charge in [-0.2, -0.15) is 5.10 Å². The Labute approximate surface area is 98.4 Å². The van der Waals surface area contributed by atoms with Gasteiger partial charge in [0.15, 0.2) is 5.76 Å². The molecule has 0 radical (unpaired) electrons. The Bertz CT molecular complexity index is 488. The summed E-state index contributed by atoms with van der Waals surface area (Å²) in [5.41, 5.74) is 0.790. The first-order chi connectivity index (χ1) is 7.87. The normalized spacial score (nSPS) is 17.2. The van der Waals surface area contributed by atoms with E-state index in [-0.39, 0.29) is 12.2 Å². The Kier molecular flexibility index (Phi) is 2.57. The highest BCUT2D eigenvalue weighted by Crippen LogP contribution is 2.25. The minimum atomic E-state index is -1.01. The largest absolute Gasteiger partial charge is 0.477 e. The van der Waals surface area contributed by atoms with Crippen molar-refractivity contribution in [1.82, 2.24) is 9.78 Å². The summed E-state index contributed by atoms with van der Waals surface area (Å²) < 4.78 is 12.1. The summed E-state index contributed by atoms with van der Waals surface area (Å²) in [5, 5.41) is 13.1. The highest BCUT2D eigenvalue weighted by Gasteiger charge is 2.28. The van der Waals surface area contributed by atoms with Crippen molar-refractivity contribution in [2.24, 2.45) is 0 Å². The van der Waals surface area contributed by atoms with Crippen molar-refractivity contribution in [2.75, 3.05) is 0 Å². The number of carbonyl (C=O) groups is 1. The van der Waals surface area contributed by atoms with Crippen LogP contribution in [0, 0.1) is 6.92 Å². The lowest BCUT2D eigenvalue weighted by atomic mass is 10.3. The second-order valence-corrected chi connectivity index (χ2v) is 4.34. The molecule has 0 saturated carbocycles. The Balaban J connectivity index is 2.17. The van der Waals surface area contributed by atoms with Crippen molar-refractivity contribution >= 4 is 5.97 Å². The summed E-state index contributed by atoms with van der Waals surface area (Å²) in [4.78, 5) is 11.0. The standard InChI is InChI=1S/C11H14N2O4/c1-7-4-9(10(14)15)13(12-7)5-8-6-16-11(2,3)17-8/h4,6H,5H2,1-3H3,(H,14,15). The molecule has 1 aliphatic rings. The molecule has 0 spiro atoms. The number of ether oxygens (including phenoxy) is 2.